The highest BCUT2D eigenvalue weighted by Crippen LogP contribution is 2.27. The summed E-state index contributed by atoms with van der Waals surface area (Å²) in [7, 11) is 0. The fourth-order valence-electron chi connectivity index (χ4n) is 1.37. The van der Waals surface area contributed by atoms with Crippen LogP contribution in [-0.2, 0) is 0 Å². The molecule has 3 N–H and O–H groups in total. The summed E-state index contributed by atoms with van der Waals surface area (Å²) < 4.78 is 0. The fraction of sp³-hybridized carbons (Fsp3) is 0.667. The lowest BCUT2D eigenvalue weighted by atomic mass is 10.2. The van der Waals surface area contributed by atoms with E-state index in [9.17, 15) is 0 Å². The maximum absolute atomic E-state index is 5.49. The van der Waals surface area contributed by atoms with Crippen molar-refractivity contribution in [1.82, 2.24) is 9.97 Å². The zero-order valence-corrected chi connectivity index (χ0v) is 11.9. The minimum absolute atomic E-state index is 0.313. The molecule has 0 radical (unpaired) electrons. The van der Waals surface area contributed by atoms with Crippen molar-refractivity contribution >= 4 is 17.6 Å². The average Bonchev–Trinajstić information content (AvgIpc) is 2.31. The third-order valence-corrected chi connectivity index (χ3v) is 3.67. The highest BCUT2D eigenvalue weighted by molar-refractivity contribution is 7.99. The van der Waals surface area contributed by atoms with E-state index in [1.54, 1.807) is 11.8 Å². The molecule has 17 heavy (non-hydrogen) atoms. The van der Waals surface area contributed by atoms with Gasteiger partial charge in [-0.2, -0.15) is 0 Å². The molecule has 0 aliphatic heterocycles. The maximum atomic E-state index is 5.49. The van der Waals surface area contributed by atoms with Crippen LogP contribution >= 0.6 is 11.8 Å². The van der Waals surface area contributed by atoms with E-state index in [0.29, 0.717) is 5.92 Å². The summed E-state index contributed by atoms with van der Waals surface area (Å²) in [6.07, 6.45) is 2.41. The van der Waals surface area contributed by atoms with Crippen molar-refractivity contribution in [1.29, 1.82) is 0 Å². The van der Waals surface area contributed by atoms with Gasteiger partial charge in [-0.15, -0.1) is 11.8 Å². The van der Waals surface area contributed by atoms with Crippen molar-refractivity contribution in [3.8, 4) is 0 Å². The monoisotopic (exact) mass is 254 g/mol. The van der Waals surface area contributed by atoms with Crippen LogP contribution in [0.4, 0.5) is 5.82 Å². The van der Waals surface area contributed by atoms with Crippen LogP contribution in [-0.4, -0.2) is 15.7 Å². The van der Waals surface area contributed by atoms with E-state index in [1.807, 2.05) is 6.92 Å². The molecular weight excluding hydrogens is 232 g/mol. The Kier molecular flexibility index (Phi) is 5.71. The van der Waals surface area contributed by atoms with E-state index in [1.165, 1.54) is 12.8 Å². The van der Waals surface area contributed by atoms with Crippen LogP contribution in [0.15, 0.2) is 5.03 Å². The fourth-order valence-corrected chi connectivity index (χ4v) is 2.46. The number of anilines is 1. The summed E-state index contributed by atoms with van der Waals surface area (Å²) in [5, 5.41) is 1.05. The van der Waals surface area contributed by atoms with Crippen LogP contribution in [0, 0.1) is 6.92 Å². The van der Waals surface area contributed by atoms with Gasteiger partial charge in [-0.1, -0.05) is 27.2 Å². The van der Waals surface area contributed by atoms with Gasteiger partial charge in [0.05, 0.1) is 0 Å². The summed E-state index contributed by atoms with van der Waals surface area (Å²) in [6, 6.07) is 0. The van der Waals surface area contributed by atoms with E-state index in [4.69, 9.17) is 5.84 Å². The lowest BCUT2D eigenvalue weighted by Crippen LogP contribution is -2.13. The normalized spacial score (nSPS) is 10.9. The van der Waals surface area contributed by atoms with Crippen molar-refractivity contribution in [2.24, 2.45) is 5.84 Å². The Morgan fingerprint density at radius 3 is 2.59 bits per heavy atom. The van der Waals surface area contributed by atoms with Gasteiger partial charge < -0.3 is 5.43 Å². The quantitative estimate of drug-likeness (QED) is 0.268. The molecule has 1 heterocycles. The molecule has 0 aromatic carbocycles. The van der Waals surface area contributed by atoms with Crippen LogP contribution < -0.4 is 11.3 Å². The van der Waals surface area contributed by atoms with Crippen molar-refractivity contribution in [3.05, 3.63) is 11.4 Å². The number of unbranched alkanes of at least 4 members (excludes halogenated alkanes) is 1. The van der Waals surface area contributed by atoms with Gasteiger partial charge in [-0.3, -0.25) is 0 Å². The number of hydrazine groups is 1. The number of aromatic nitrogens is 2. The Balaban J connectivity index is 2.96. The van der Waals surface area contributed by atoms with E-state index >= 15 is 0 Å². The van der Waals surface area contributed by atoms with Crippen LogP contribution in [0.2, 0.25) is 0 Å². The lowest BCUT2D eigenvalue weighted by Gasteiger charge is -2.13. The summed E-state index contributed by atoms with van der Waals surface area (Å²) in [5.74, 6) is 8.49. The second-order valence-electron chi connectivity index (χ2n) is 4.36. The largest absolute Gasteiger partial charge is 0.308 e. The number of nitrogen functional groups attached to an aromatic ring is 1. The molecule has 0 fully saturated rings. The highest BCUT2D eigenvalue weighted by Gasteiger charge is 2.12. The first-order valence-corrected chi connectivity index (χ1v) is 7.06. The Morgan fingerprint density at radius 1 is 1.35 bits per heavy atom. The molecule has 96 valence electrons. The highest BCUT2D eigenvalue weighted by atomic mass is 32.2. The van der Waals surface area contributed by atoms with Gasteiger partial charge in [0.25, 0.3) is 0 Å². The Morgan fingerprint density at radius 2 is 2.06 bits per heavy atom. The second kappa shape index (κ2) is 6.81. The van der Waals surface area contributed by atoms with Gasteiger partial charge in [0.2, 0.25) is 0 Å². The zero-order chi connectivity index (χ0) is 12.8. The van der Waals surface area contributed by atoms with E-state index in [0.717, 1.165) is 28.0 Å². The molecule has 0 amide bonds. The summed E-state index contributed by atoms with van der Waals surface area (Å²) in [5.41, 5.74) is 3.70. The van der Waals surface area contributed by atoms with Gasteiger partial charge in [0.15, 0.2) is 0 Å². The molecule has 1 aromatic heterocycles. The predicted molar refractivity (Wildman–Crippen MR) is 74.3 cm³/mol. The molecule has 4 nitrogen and oxygen atoms in total. The van der Waals surface area contributed by atoms with Crippen molar-refractivity contribution in [3.63, 3.8) is 0 Å². The third-order valence-electron chi connectivity index (χ3n) is 2.51. The number of nitrogens with zero attached hydrogens (tertiary/aromatic N) is 2. The molecule has 0 aliphatic rings. The van der Waals surface area contributed by atoms with Gasteiger partial charge in [-0.25, -0.2) is 15.8 Å². The standard InChI is InChI=1S/C12H22N4S/c1-5-6-7-17-12-9(4)11(16-13)14-10(15-12)8(2)3/h8H,5-7,13H2,1-4H3,(H,14,15,16). The molecule has 0 saturated carbocycles. The van der Waals surface area contributed by atoms with Crippen LogP contribution in [0.3, 0.4) is 0 Å². The molecule has 0 bridgehead atoms. The zero-order valence-electron chi connectivity index (χ0n) is 11.1. The van der Waals surface area contributed by atoms with E-state index in [-0.39, 0.29) is 0 Å². The smallest absolute Gasteiger partial charge is 0.147 e. The molecule has 0 spiro atoms. The molecule has 0 aliphatic carbocycles. The van der Waals surface area contributed by atoms with Crippen molar-refractivity contribution < 1.29 is 0 Å². The molecule has 5 heteroatoms. The maximum Gasteiger partial charge on any atom is 0.147 e. The number of hydrogen-bond acceptors (Lipinski definition) is 5. The SMILES string of the molecule is CCCCSc1nc(C(C)C)nc(NN)c1C. The average molecular weight is 254 g/mol. The first kappa shape index (κ1) is 14.3. The van der Waals surface area contributed by atoms with Gasteiger partial charge in [-0.05, 0) is 19.1 Å². The lowest BCUT2D eigenvalue weighted by molar-refractivity contribution is 0.748. The minimum Gasteiger partial charge on any atom is -0.308 e. The summed E-state index contributed by atoms with van der Waals surface area (Å²) >= 11 is 1.79. The molecule has 0 saturated heterocycles. The van der Waals surface area contributed by atoms with Gasteiger partial charge in [0, 0.05) is 11.5 Å². The Hall–Kier alpha value is -0.810. The predicted octanol–water partition coefficient (Wildman–Crippen LogP) is 3.09. The third kappa shape index (κ3) is 3.85. The summed E-state index contributed by atoms with van der Waals surface area (Å²) in [6.45, 7) is 8.38. The first-order valence-electron chi connectivity index (χ1n) is 6.08. The van der Waals surface area contributed by atoms with Crippen LogP contribution in [0.5, 0.6) is 0 Å². The second-order valence-corrected chi connectivity index (χ2v) is 5.45. The molecular formula is C12H22N4S. The molecule has 1 rings (SSSR count). The number of hydrogen-bond donors (Lipinski definition) is 2. The van der Waals surface area contributed by atoms with Gasteiger partial charge in [0.1, 0.15) is 16.7 Å². The van der Waals surface area contributed by atoms with Gasteiger partial charge >= 0.3 is 0 Å². The summed E-state index contributed by atoms with van der Waals surface area (Å²) in [4.78, 5) is 9.03. The van der Waals surface area contributed by atoms with Crippen molar-refractivity contribution in [2.45, 2.75) is 51.5 Å². The first-order chi connectivity index (χ1) is 8.10. The molecule has 0 atom stereocenters. The van der Waals surface area contributed by atoms with E-state index < -0.39 is 0 Å². The minimum atomic E-state index is 0.313. The van der Waals surface area contributed by atoms with Crippen LogP contribution in [0.1, 0.15) is 50.9 Å². The molecule has 1 aromatic rings. The van der Waals surface area contributed by atoms with E-state index in [2.05, 4.69) is 36.2 Å². The number of nitrogens with one attached hydrogen (secondary N) is 1. The van der Waals surface area contributed by atoms with Crippen molar-refractivity contribution in [2.75, 3.05) is 11.2 Å². The number of nitrogens with two attached hydrogens (primary N) is 1. The van der Waals surface area contributed by atoms with Crippen LogP contribution in [0.25, 0.3) is 0 Å². The topological polar surface area (TPSA) is 63.8 Å². The number of rotatable bonds is 6. The number of thioether (sulfide) groups is 1. The molecule has 0 unspecified atom stereocenters. The Bertz CT molecular complexity index is 366. The Labute approximate surface area is 108 Å².